The number of anilines is 1. The highest BCUT2D eigenvalue weighted by atomic mass is 19.1. The van der Waals surface area contributed by atoms with Gasteiger partial charge in [-0.25, -0.2) is 19.3 Å². The van der Waals surface area contributed by atoms with E-state index >= 15 is 0 Å². The number of fused-ring (bicyclic) bond motifs is 4. The van der Waals surface area contributed by atoms with Crippen LogP contribution in [0.2, 0.25) is 0 Å². The Labute approximate surface area is 166 Å². The van der Waals surface area contributed by atoms with Crippen molar-refractivity contribution in [2.24, 2.45) is 17.8 Å². The molecule has 1 unspecified atom stereocenters. The number of ether oxygens (including phenoxy) is 1. The van der Waals surface area contributed by atoms with Crippen molar-refractivity contribution in [1.29, 1.82) is 0 Å². The van der Waals surface area contributed by atoms with Crippen LogP contribution in [0.4, 0.5) is 10.2 Å². The number of H-pyrrole nitrogens is 1. The summed E-state index contributed by atoms with van der Waals surface area (Å²) in [6.45, 7) is 0. The summed E-state index contributed by atoms with van der Waals surface area (Å²) < 4.78 is 18.7. The molecule has 6 rings (SSSR count). The zero-order valence-corrected chi connectivity index (χ0v) is 15.9. The Hall–Kier alpha value is -3.10. The largest absolute Gasteiger partial charge is 0.469 e. The summed E-state index contributed by atoms with van der Waals surface area (Å²) in [4.78, 5) is 25.3. The van der Waals surface area contributed by atoms with Gasteiger partial charge in [0.1, 0.15) is 17.3 Å². The van der Waals surface area contributed by atoms with Crippen molar-refractivity contribution in [3.05, 3.63) is 30.3 Å². The molecule has 2 atom stereocenters. The Morgan fingerprint density at radius 3 is 2.83 bits per heavy atom. The van der Waals surface area contributed by atoms with Crippen LogP contribution in [0.15, 0.2) is 24.5 Å². The van der Waals surface area contributed by atoms with Gasteiger partial charge in [-0.3, -0.25) is 9.89 Å². The van der Waals surface area contributed by atoms with Gasteiger partial charge in [-0.2, -0.15) is 5.10 Å². The number of rotatable bonds is 4. The molecule has 3 heterocycles. The summed E-state index contributed by atoms with van der Waals surface area (Å²) in [5.74, 6) is 0.948. The molecule has 0 radical (unpaired) electrons. The molecule has 29 heavy (non-hydrogen) atoms. The van der Waals surface area contributed by atoms with E-state index in [1.54, 1.807) is 12.3 Å². The van der Waals surface area contributed by atoms with E-state index < -0.39 is 5.82 Å². The second-order valence-corrected chi connectivity index (χ2v) is 7.78. The van der Waals surface area contributed by atoms with Crippen LogP contribution in [0.5, 0.6) is 0 Å². The fourth-order valence-electron chi connectivity index (χ4n) is 4.90. The van der Waals surface area contributed by atoms with Gasteiger partial charge in [0.05, 0.1) is 24.6 Å². The summed E-state index contributed by atoms with van der Waals surface area (Å²) in [6, 6.07) is 3.11. The van der Waals surface area contributed by atoms with Crippen molar-refractivity contribution >= 4 is 22.8 Å². The summed E-state index contributed by atoms with van der Waals surface area (Å²) in [7, 11) is 1.44. The number of halogens is 1. The van der Waals surface area contributed by atoms with Gasteiger partial charge in [-0.1, -0.05) is 0 Å². The number of hydrogen-bond acceptors (Lipinski definition) is 7. The quantitative estimate of drug-likeness (QED) is 0.653. The molecule has 0 amide bonds. The summed E-state index contributed by atoms with van der Waals surface area (Å²) in [6.07, 6.45) is 7.09. The number of esters is 1. The maximum atomic E-state index is 13.6. The highest BCUT2D eigenvalue weighted by Gasteiger charge is 2.47. The van der Waals surface area contributed by atoms with Gasteiger partial charge in [0.2, 0.25) is 0 Å². The van der Waals surface area contributed by atoms with Gasteiger partial charge in [0.25, 0.3) is 0 Å². The van der Waals surface area contributed by atoms with Crippen LogP contribution in [0.25, 0.3) is 22.6 Å². The van der Waals surface area contributed by atoms with Gasteiger partial charge >= 0.3 is 5.97 Å². The number of aromatic amines is 1. The molecule has 3 aliphatic rings. The number of nitrogens with one attached hydrogen (secondary N) is 2. The Morgan fingerprint density at radius 2 is 2.03 bits per heavy atom. The maximum Gasteiger partial charge on any atom is 0.311 e. The molecule has 9 heteroatoms. The van der Waals surface area contributed by atoms with Crippen molar-refractivity contribution in [2.45, 2.75) is 31.7 Å². The smallest absolute Gasteiger partial charge is 0.311 e. The zero-order valence-electron chi connectivity index (χ0n) is 15.9. The second kappa shape index (κ2) is 7.06. The first-order chi connectivity index (χ1) is 14.1. The van der Waals surface area contributed by atoms with E-state index in [-0.39, 0.29) is 17.9 Å². The summed E-state index contributed by atoms with van der Waals surface area (Å²) in [5.41, 5.74) is 0.907. The molecular formula is C20H21FN6O2. The van der Waals surface area contributed by atoms with Crippen LogP contribution in [0.1, 0.15) is 25.7 Å². The van der Waals surface area contributed by atoms with Crippen molar-refractivity contribution < 1.29 is 13.9 Å². The number of aromatic nitrogens is 5. The second-order valence-electron chi connectivity index (χ2n) is 7.78. The minimum atomic E-state index is -0.450. The van der Waals surface area contributed by atoms with E-state index in [2.05, 4.69) is 30.5 Å². The predicted octanol–water partition coefficient (Wildman–Crippen LogP) is 2.94. The number of methoxy groups -OCH3 is 1. The molecule has 3 aromatic heterocycles. The molecule has 2 bridgehead atoms. The molecule has 3 fully saturated rings. The third-order valence-corrected chi connectivity index (χ3v) is 6.26. The van der Waals surface area contributed by atoms with Crippen LogP contribution in [-0.4, -0.2) is 44.3 Å². The first-order valence-corrected chi connectivity index (χ1v) is 9.81. The monoisotopic (exact) mass is 396 g/mol. The van der Waals surface area contributed by atoms with Crippen LogP contribution >= 0.6 is 0 Å². The molecule has 2 N–H and O–H groups in total. The molecule has 150 valence electrons. The van der Waals surface area contributed by atoms with Gasteiger partial charge in [-0.05, 0) is 49.7 Å². The van der Waals surface area contributed by atoms with Crippen LogP contribution in [-0.2, 0) is 9.53 Å². The van der Waals surface area contributed by atoms with E-state index in [9.17, 15) is 9.18 Å². The van der Waals surface area contributed by atoms with Crippen molar-refractivity contribution in [3.8, 4) is 11.5 Å². The van der Waals surface area contributed by atoms with Gasteiger partial charge < -0.3 is 10.1 Å². The molecule has 0 spiro atoms. The number of carbonyl (C=O) groups excluding carboxylic acids is 1. The Morgan fingerprint density at radius 1 is 1.24 bits per heavy atom. The van der Waals surface area contributed by atoms with Crippen molar-refractivity contribution in [2.75, 3.05) is 12.4 Å². The SMILES string of the molecule is COC(=O)[C@H]1C2CCC(CC2)C1Nc1ccnc(-c2n[nH]c3ncc(F)cc23)n1. The summed E-state index contributed by atoms with van der Waals surface area (Å²) in [5, 5.41) is 11.0. The Balaban J connectivity index is 1.46. The molecule has 0 saturated heterocycles. The fraction of sp³-hybridized carbons (Fsp3) is 0.450. The van der Waals surface area contributed by atoms with Crippen molar-refractivity contribution in [1.82, 2.24) is 25.1 Å². The average molecular weight is 396 g/mol. The highest BCUT2D eigenvalue weighted by Crippen LogP contribution is 2.46. The third kappa shape index (κ3) is 3.10. The number of pyridine rings is 1. The molecule has 8 nitrogen and oxygen atoms in total. The lowest BCUT2D eigenvalue weighted by molar-refractivity contribution is -0.152. The molecular weight excluding hydrogens is 375 g/mol. The lowest BCUT2D eigenvalue weighted by Crippen LogP contribution is -2.51. The minimum absolute atomic E-state index is 0.0206. The first kappa shape index (κ1) is 18.0. The topological polar surface area (TPSA) is 106 Å². The first-order valence-electron chi connectivity index (χ1n) is 9.81. The predicted molar refractivity (Wildman–Crippen MR) is 103 cm³/mol. The van der Waals surface area contributed by atoms with Crippen LogP contribution < -0.4 is 5.32 Å². The number of nitrogens with zero attached hydrogens (tertiary/aromatic N) is 4. The van der Waals surface area contributed by atoms with Crippen molar-refractivity contribution in [3.63, 3.8) is 0 Å². The number of carbonyl (C=O) groups is 1. The third-order valence-electron chi connectivity index (χ3n) is 6.26. The van der Waals surface area contributed by atoms with E-state index in [1.807, 2.05) is 0 Å². The zero-order chi connectivity index (χ0) is 20.0. The Kier molecular flexibility index (Phi) is 4.37. The molecule has 0 aromatic carbocycles. The average Bonchev–Trinajstić information content (AvgIpc) is 3.17. The molecule has 3 aromatic rings. The van der Waals surface area contributed by atoms with E-state index in [4.69, 9.17) is 4.74 Å². The lowest BCUT2D eigenvalue weighted by Gasteiger charge is -2.47. The van der Waals surface area contributed by atoms with Crippen LogP contribution in [0.3, 0.4) is 0 Å². The van der Waals surface area contributed by atoms with Gasteiger partial charge in [0.15, 0.2) is 11.5 Å². The number of hydrogen-bond donors (Lipinski definition) is 2. The van der Waals surface area contributed by atoms with E-state index in [0.717, 1.165) is 31.9 Å². The van der Waals surface area contributed by atoms with Gasteiger partial charge in [0, 0.05) is 12.2 Å². The lowest BCUT2D eigenvalue weighted by atomic mass is 9.61. The maximum absolute atomic E-state index is 13.6. The highest BCUT2D eigenvalue weighted by molar-refractivity contribution is 5.88. The van der Waals surface area contributed by atoms with E-state index in [1.165, 1.54) is 13.2 Å². The fourth-order valence-corrected chi connectivity index (χ4v) is 4.90. The molecule has 3 aliphatic carbocycles. The normalized spacial score (nSPS) is 25.9. The van der Waals surface area contributed by atoms with E-state index in [0.29, 0.717) is 40.2 Å². The van der Waals surface area contributed by atoms with Crippen LogP contribution in [0, 0.1) is 23.6 Å². The summed E-state index contributed by atoms with van der Waals surface area (Å²) >= 11 is 0. The minimum Gasteiger partial charge on any atom is -0.469 e. The standard InChI is InChI=1S/C20H21FN6O2/c1-29-20(28)15-10-2-4-11(5-3-10)16(15)24-14-6-7-22-19(25-14)17-13-8-12(21)9-23-18(13)27-26-17/h6-11,15-16H,2-5H2,1H3,(H,22,24,25)(H,23,26,27)/t10?,11?,15-,16?/m0/s1. The molecule has 0 aliphatic heterocycles. The van der Waals surface area contributed by atoms with Gasteiger partial charge in [-0.15, -0.1) is 0 Å². The molecule has 3 saturated carbocycles. The Bertz CT molecular complexity index is 1060.